The van der Waals surface area contributed by atoms with Crippen molar-refractivity contribution in [3.05, 3.63) is 217 Å². The van der Waals surface area contributed by atoms with E-state index in [0.29, 0.717) is 0 Å². The van der Waals surface area contributed by atoms with E-state index in [4.69, 9.17) is 0 Å². The van der Waals surface area contributed by atoms with Crippen LogP contribution in [0.1, 0.15) is 25.0 Å². The number of hydrogen-bond donors (Lipinski definition) is 0. The number of fused-ring (bicyclic) bond motifs is 5. The van der Waals surface area contributed by atoms with Crippen LogP contribution in [0.4, 0.5) is 0 Å². The first-order valence-corrected chi connectivity index (χ1v) is 19.9. The van der Waals surface area contributed by atoms with Gasteiger partial charge < -0.3 is 9.13 Å². The molecule has 2 heterocycles. The van der Waals surface area contributed by atoms with Gasteiger partial charge in [-0.05, 0) is 80.9 Å². The van der Waals surface area contributed by atoms with Gasteiger partial charge in [0.2, 0.25) is 0 Å². The maximum atomic E-state index is 2.52. The molecule has 0 saturated carbocycles. The van der Waals surface area contributed by atoms with Gasteiger partial charge in [-0.1, -0.05) is 184 Å². The highest BCUT2D eigenvalue weighted by molar-refractivity contribution is 6.16. The van der Waals surface area contributed by atoms with Gasteiger partial charge >= 0.3 is 0 Å². The van der Waals surface area contributed by atoms with Gasteiger partial charge in [-0.3, -0.25) is 0 Å². The number of benzene rings is 8. The van der Waals surface area contributed by atoms with Gasteiger partial charge in [-0.2, -0.15) is 0 Å². The van der Waals surface area contributed by atoms with Gasteiger partial charge in [0.05, 0.1) is 22.4 Å². The fourth-order valence-electron chi connectivity index (χ4n) is 9.53. The second-order valence-electron chi connectivity index (χ2n) is 15.7. The average Bonchev–Trinajstić information content (AvgIpc) is 3.88. The molecular weight excluding hydrogens is 689 g/mol. The summed E-state index contributed by atoms with van der Waals surface area (Å²) in [5.41, 5.74) is 19.5. The minimum absolute atomic E-state index is 0.120. The fourth-order valence-corrected chi connectivity index (χ4v) is 9.53. The molecule has 11 rings (SSSR count). The van der Waals surface area contributed by atoms with Crippen LogP contribution in [0.2, 0.25) is 0 Å². The average molecular weight is 729 g/mol. The molecule has 10 aromatic rings. The third-order valence-electron chi connectivity index (χ3n) is 12.2. The van der Waals surface area contributed by atoms with Crippen molar-refractivity contribution in [3.63, 3.8) is 0 Å². The van der Waals surface area contributed by atoms with Gasteiger partial charge in [0.25, 0.3) is 0 Å². The molecule has 270 valence electrons. The number of rotatable bonds is 6. The molecule has 1 aliphatic rings. The summed E-state index contributed by atoms with van der Waals surface area (Å²) >= 11 is 0. The molecule has 0 fully saturated rings. The Kier molecular flexibility index (Phi) is 7.55. The van der Waals surface area contributed by atoms with E-state index in [9.17, 15) is 0 Å². The maximum Gasteiger partial charge on any atom is 0.0620 e. The lowest BCUT2D eigenvalue weighted by Gasteiger charge is -2.22. The zero-order valence-corrected chi connectivity index (χ0v) is 32.0. The van der Waals surface area contributed by atoms with Gasteiger partial charge in [0.15, 0.2) is 0 Å². The van der Waals surface area contributed by atoms with Crippen LogP contribution in [-0.2, 0) is 5.41 Å². The van der Waals surface area contributed by atoms with Crippen LogP contribution < -0.4 is 0 Å². The predicted octanol–water partition coefficient (Wildman–Crippen LogP) is 14.5. The Balaban J connectivity index is 1.24. The van der Waals surface area contributed by atoms with E-state index in [1.165, 1.54) is 88.8 Å². The molecule has 0 unspecified atom stereocenters. The Morgan fingerprint density at radius 2 is 0.754 bits per heavy atom. The first kappa shape index (κ1) is 33.2. The molecule has 0 radical (unpaired) electrons. The molecule has 0 saturated heterocycles. The summed E-state index contributed by atoms with van der Waals surface area (Å²) in [7, 11) is 0. The zero-order valence-electron chi connectivity index (χ0n) is 32.0. The molecule has 0 amide bonds. The molecule has 1 aliphatic carbocycles. The number of hydrogen-bond acceptors (Lipinski definition) is 0. The lowest BCUT2D eigenvalue weighted by atomic mass is 9.82. The maximum absolute atomic E-state index is 2.52. The van der Waals surface area contributed by atoms with Crippen molar-refractivity contribution < 1.29 is 0 Å². The quantitative estimate of drug-likeness (QED) is 0.161. The van der Waals surface area contributed by atoms with Crippen LogP contribution in [0.5, 0.6) is 0 Å². The molecule has 0 atom stereocenters. The van der Waals surface area contributed by atoms with Crippen LogP contribution in [0.15, 0.2) is 206 Å². The normalized spacial score (nSPS) is 12.9. The van der Waals surface area contributed by atoms with Crippen LogP contribution in [0, 0.1) is 0 Å². The Labute approximate surface area is 333 Å². The predicted molar refractivity (Wildman–Crippen MR) is 239 cm³/mol. The molecule has 57 heavy (non-hydrogen) atoms. The first-order valence-electron chi connectivity index (χ1n) is 19.9. The number of aromatic nitrogens is 2. The van der Waals surface area contributed by atoms with Crippen LogP contribution >= 0.6 is 0 Å². The van der Waals surface area contributed by atoms with E-state index in [1.807, 2.05) is 0 Å². The number of para-hydroxylation sites is 2. The van der Waals surface area contributed by atoms with E-state index >= 15 is 0 Å². The largest absolute Gasteiger partial charge is 0.309 e. The van der Waals surface area contributed by atoms with Gasteiger partial charge in [0.1, 0.15) is 0 Å². The lowest BCUT2D eigenvalue weighted by Crippen LogP contribution is -2.15. The fraction of sp³-hybridized carbons (Fsp3) is 0.0545. The monoisotopic (exact) mass is 728 g/mol. The highest BCUT2D eigenvalue weighted by atomic mass is 15.0. The third-order valence-corrected chi connectivity index (χ3v) is 12.2. The minimum Gasteiger partial charge on any atom is -0.309 e. The van der Waals surface area contributed by atoms with E-state index in [1.54, 1.807) is 0 Å². The topological polar surface area (TPSA) is 9.86 Å². The molecule has 0 spiro atoms. The van der Waals surface area contributed by atoms with Crippen molar-refractivity contribution in [3.8, 4) is 67.3 Å². The standard InChI is InChI=1S/C55H40N2/c1-55(2)47-27-15-12-24-43(47)44-35-34-42(36-48(44)55)57-50-29-17-14-26-46(50)52(54(57)40-22-10-5-11-23-40)51-45-25-13-16-28-49(45)56(53(51)39-20-8-4-9-21-39)41-32-30-38(31-33-41)37-18-6-3-7-19-37/h3-36H,1-2H3. The highest BCUT2D eigenvalue weighted by Crippen LogP contribution is 2.53. The van der Waals surface area contributed by atoms with Crippen molar-refractivity contribution in [1.82, 2.24) is 9.13 Å². The highest BCUT2D eigenvalue weighted by Gasteiger charge is 2.36. The molecule has 2 nitrogen and oxygen atoms in total. The molecule has 0 aliphatic heterocycles. The lowest BCUT2D eigenvalue weighted by molar-refractivity contribution is 0.660. The van der Waals surface area contributed by atoms with Crippen LogP contribution in [0.25, 0.3) is 89.1 Å². The Bertz CT molecular complexity index is 3110. The smallest absolute Gasteiger partial charge is 0.0620 e. The van der Waals surface area contributed by atoms with E-state index < -0.39 is 0 Å². The zero-order chi connectivity index (χ0) is 38.1. The summed E-state index contributed by atoms with van der Waals surface area (Å²) in [5, 5.41) is 2.44. The second kappa shape index (κ2) is 13.0. The van der Waals surface area contributed by atoms with E-state index in [0.717, 1.165) is 11.4 Å². The minimum atomic E-state index is -0.120. The van der Waals surface area contributed by atoms with Crippen molar-refractivity contribution in [1.29, 1.82) is 0 Å². The van der Waals surface area contributed by atoms with Crippen molar-refractivity contribution in [2.75, 3.05) is 0 Å². The van der Waals surface area contributed by atoms with Crippen molar-refractivity contribution in [2.45, 2.75) is 19.3 Å². The SMILES string of the molecule is CC1(C)c2ccccc2-c2ccc(-n3c(-c4ccccc4)c(-c4c(-c5ccccc5)n(-c5ccc(-c6ccccc6)cc5)c5ccccc45)c4ccccc43)cc21. The first-order chi connectivity index (χ1) is 28.1. The molecule has 0 bridgehead atoms. The molecule has 8 aromatic carbocycles. The van der Waals surface area contributed by atoms with Crippen molar-refractivity contribution >= 4 is 21.8 Å². The summed E-state index contributed by atoms with van der Waals surface area (Å²) < 4.78 is 5.00. The van der Waals surface area contributed by atoms with Gasteiger partial charge in [0, 0.05) is 38.7 Å². The second-order valence-corrected chi connectivity index (χ2v) is 15.7. The number of nitrogens with zero attached hydrogens (tertiary/aromatic N) is 2. The van der Waals surface area contributed by atoms with Crippen molar-refractivity contribution in [2.24, 2.45) is 0 Å². The molecule has 2 aromatic heterocycles. The summed E-state index contributed by atoms with van der Waals surface area (Å²) in [5.74, 6) is 0. The third kappa shape index (κ3) is 5.11. The van der Waals surface area contributed by atoms with E-state index in [2.05, 4.69) is 229 Å². The summed E-state index contributed by atoms with van der Waals surface area (Å²) in [6, 6.07) is 75.6. The van der Waals surface area contributed by atoms with Gasteiger partial charge in [-0.25, -0.2) is 0 Å². The Morgan fingerprint density at radius 1 is 0.333 bits per heavy atom. The van der Waals surface area contributed by atoms with Crippen LogP contribution in [0.3, 0.4) is 0 Å². The van der Waals surface area contributed by atoms with E-state index in [-0.39, 0.29) is 5.41 Å². The molecule has 2 heteroatoms. The summed E-state index contributed by atoms with van der Waals surface area (Å²) in [6.07, 6.45) is 0. The summed E-state index contributed by atoms with van der Waals surface area (Å²) in [4.78, 5) is 0. The molecular formula is C55H40N2. The van der Waals surface area contributed by atoms with Crippen LogP contribution in [-0.4, -0.2) is 9.13 Å². The van der Waals surface area contributed by atoms with Gasteiger partial charge in [-0.15, -0.1) is 0 Å². The Morgan fingerprint density at radius 3 is 1.33 bits per heavy atom. The Hall–Kier alpha value is -7.16. The summed E-state index contributed by atoms with van der Waals surface area (Å²) in [6.45, 7) is 4.73. The molecule has 0 N–H and O–H groups in total.